The molecule has 2 aliphatic carbocycles. The number of likely N-dealkylation sites (tertiary alicyclic amines) is 1. The second-order valence-corrected chi connectivity index (χ2v) is 9.76. The van der Waals surface area contributed by atoms with Crippen LogP contribution in [-0.4, -0.2) is 47.3 Å². The molecule has 0 unspecified atom stereocenters. The highest BCUT2D eigenvalue weighted by molar-refractivity contribution is 6.34. The number of pyridine rings is 1. The topological polar surface area (TPSA) is 82.2 Å². The molecule has 0 atom stereocenters. The van der Waals surface area contributed by atoms with Gasteiger partial charge in [-0.05, 0) is 62.4 Å². The number of ketones is 1. The third kappa shape index (κ3) is 3.77. The first kappa shape index (κ1) is 21.3. The van der Waals surface area contributed by atoms with Crippen LogP contribution in [0.15, 0.2) is 24.4 Å². The minimum Gasteiger partial charge on any atom is -0.490 e. The molecule has 0 amide bonds. The van der Waals surface area contributed by atoms with Gasteiger partial charge in [-0.3, -0.25) is 20.2 Å². The number of hydrogen-bond donors (Lipinski definition) is 2. The lowest BCUT2D eigenvalue weighted by Crippen LogP contribution is -2.64. The Morgan fingerprint density at radius 3 is 2.81 bits per heavy atom. The average molecular weight is 457 g/mol. The second-order valence-electron chi connectivity index (χ2n) is 9.35. The largest absolute Gasteiger partial charge is 0.490 e. The summed E-state index contributed by atoms with van der Waals surface area (Å²) in [6, 6.07) is 5.17. The van der Waals surface area contributed by atoms with Gasteiger partial charge in [-0.2, -0.15) is 0 Å². The first-order valence-electron chi connectivity index (χ1n) is 11.1. The molecule has 1 aromatic heterocycles. The van der Waals surface area contributed by atoms with E-state index < -0.39 is 0 Å². The highest BCUT2D eigenvalue weighted by Gasteiger charge is 2.53. The van der Waals surface area contributed by atoms with Crippen molar-refractivity contribution in [1.29, 1.82) is 10.8 Å². The molecule has 1 saturated carbocycles. The number of rotatable bonds is 7. The summed E-state index contributed by atoms with van der Waals surface area (Å²) in [5.41, 5.74) is 2.60. The first-order valence-corrected chi connectivity index (χ1v) is 11.4. The van der Waals surface area contributed by atoms with Gasteiger partial charge in [-0.15, -0.1) is 0 Å². The van der Waals surface area contributed by atoms with Gasteiger partial charge in [0.2, 0.25) is 0 Å². The summed E-state index contributed by atoms with van der Waals surface area (Å²) >= 11 is 6.20. The van der Waals surface area contributed by atoms with E-state index in [1.165, 1.54) is 12.3 Å². The predicted molar refractivity (Wildman–Crippen MR) is 119 cm³/mol. The van der Waals surface area contributed by atoms with Gasteiger partial charge in [0, 0.05) is 42.2 Å². The minimum atomic E-state index is -0.362. The van der Waals surface area contributed by atoms with Crippen LogP contribution in [0.3, 0.4) is 0 Å². The highest BCUT2D eigenvalue weighted by Crippen LogP contribution is 2.50. The van der Waals surface area contributed by atoms with Crippen LogP contribution in [-0.2, 0) is 12.8 Å². The van der Waals surface area contributed by atoms with E-state index in [9.17, 15) is 9.18 Å². The summed E-state index contributed by atoms with van der Waals surface area (Å²) in [6.45, 7) is 2.99. The number of carbonyl (C=O) groups is 1. The second kappa shape index (κ2) is 8.12. The Balaban J connectivity index is 1.08. The molecule has 2 fully saturated rings. The molecular weight excluding hydrogens is 431 g/mol. The van der Waals surface area contributed by atoms with Crippen LogP contribution < -0.4 is 10.2 Å². The number of aromatic nitrogens is 1. The SMILES string of the molecule is N=Cn1cc(F)c(CCCN2CC3(CC(Oc4ccc(Cl)c5c4CCC5=O)C3)C2)cc1=N. The van der Waals surface area contributed by atoms with Crippen molar-refractivity contribution >= 4 is 23.7 Å². The number of carbonyl (C=O) groups excluding carboxylic acids is 1. The molecule has 6 nitrogen and oxygen atoms in total. The molecule has 3 aliphatic rings. The quantitative estimate of drug-likeness (QED) is 0.491. The van der Waals surface area contributed by atoms with Crippen molar-refractivity contribution in [3.63, 3.8) is 0 Å². The zero-order chi connectivity index (χ0) is 22.5. The van der Waals surface area contributed by atoms with Crippen molar-refractivity contribution < 1.29 is 13.9 Å². The van der Waals surface area contributed by atoms with Crippen LogP contribution in [0.5, 0.6) is 5.75 Å². The Hall–Kier alpha value is -2.51. The third-order valence-electron chi connectivity index (χ3n) is 7.04. The van der Waals surface area contributed by atoms with Crippen LogP contribution in [0.2, 0.25) is 5.02 Å². The van der Waals surface area contributed by atoms with Gasteiger partial charge >= 0.3 is 0 Å². The number of halogens is 2. The molecule has 2 aromatic rings. The number of benzene rings is 1. The lowest BCUT2D eigenvalue weighted by Gasteiger charge is -2.58. The maximum Gasteiger partial charge on any atom is 0.165 e. The van der Waals surface area contributed by atoms with Gasteiger partial charge in [-0.25, -0.2) is 4.39 Å². The third-order valence-corrected chi connectivity index (χ3v) is 7.36. The van der Waals surface area contributed by atoms with Gasteiger partial charge in [0.05, 0.1) is 17.5 Å². The molecule has 1 aliphatic heterocycles. The monoisotopic (exact) mass is 456 g/mol. The van der Waals surface area contributed by atoms with Gasteiger partial charge in [0.1, 0.15) is 17.1 Å². The van der Waals surface area contributed by atoms with E-state index in [2.05, 4.69) is 4.90 Å². The smallest absolute Gasteiger partial charge is 0.165 e. The zero-order valence-electron chi connectivity index (χ0n) is 17.8. The fourth-order valence-electron chi connectivity index (χ4n) is 5.49. The van der Waals surface area contributed by atoms with Crippen molar-refractivity contribution in [2.45, 2.75) is 44.6 Å². The summed E-state index contributed by atoms with van der Waals surface area (Å²) in [5, 5.41) is 15.5. The molecular formula is C24H26ClFN4O2. The van der Waals surface area contributed by atoms with E-state index >= 15 is 0 Å². The van der Waals surface area contributed by atoms with Crippen molar-refractivity contribution in [3.05, 3.63) is 57.4 Å². The molecule has 5 rings (SSSR count). The zero-order valence-corrected chi connectivity index (χ0v) is 18.6. The molecule has 168 valence electrons. The fourth-order valence-corrected chi connectivity index (χ4v) is 5.77. The number of hydrogen-bond acceptors (Lipinski definition) is 5. The molecule has 0 bridgehead atoms. The number of ether oxygens (including phenoxy) is 1. The summed E-state index contributed by atoms with van der Waals surface area (Å²) in [7, 11) is 0. The fraction of sp³-hybridized carbons (Fsp3) is 0.458. The van der Waals surface area contributed by atoms with E-state index in [1.54, 1.807) is 6.07 Å². The Morgan fingerprint density at radius 1 is 1.28 bits per heavy atom. The Kier molecular flexibility index (Phi) is 5.42. The number of nitrogens with zero attached hydrogens (tertiary/aromatic N) is 2. The van der Waals surface area contributed by atoms with Crippen LogP contribution in [0.25, 0.3) is 0 Å². The molecule has 1 aromatic carbocycles. The van der Waals surface area contributed by atoms with Crippen molar-refractivity contribution in [2.24, 2.45) is 5.41 Å². The van der Waals surface area contributed by atoms with Crippen molar-refractivity contribution in [1.82, 2.24) is 9.47 Å². The Morgan fingerprint density at radius 2 is 2.06 bits per heavy atom. The lowest BCUT2D eigenvalue weighted by atomic mass is 9.61. The van der Waals surface area contributed by atoms with E-state index in [0.29, 0.717) is 40.8 Å². The first-order chi connectivity index (χ1) is 15.4. The molecule has 8 heteroatoms. The molecule has 1 saturated heterocycles. The number of nitrogens with one attached hydrogen (secondary N) is 2. The normalized spacial score (nSPS) is 19.5. The summed E-state index contributed by atoms with van der Waals surface area (Å²) in [6.07, 6.45) is 7.01. The summed E-state index contributed by atoms with van der Waals surface area (Å²) in [4.78, 5) is 14.5. The minimum absolute atomic E-state index is 0.110. The van der Waals surface area contributed by atoms with Crippen LogP contribution in [0, 0.1) is 22.1 Å². The lowest BCUT2D eigenvalue weighted by molar-refractivity contribution is -0.119. The van der Waals surface area contributed by atoms with Gasteiger partial charge in [-0.1, -0.05) is 11.6 Å². The molecule has 2 N–H and O–H groups in total. The Labute approximate surface area is 191 Å². The number of fused-ring (bicyclic) bond motifs is 1. The predicted octanol–water partition coefficient (Wildman–Crippen LogP) is 3.82. The average Bonchev–Trinajstić information content (AvgIpc) is 3.11. The van der Waals surface area contributed by atoms with Gasteiger partial charge in [0.15, 0.2) is 5.78 Å². The molecule has 2 heterocycles. The van der Waals surface area contributed by atoms with E-state index in [0.717, 1.165) is 61.1 Å². The Bertz CT molecular complexity index is 1150. The van der Waals surface area contributed by atoms with Crippen LogP contribution in [0.1, 0.15) is 47.2 Å². The molecule has 32 heavy (non-hydrogen) atoms. The van der Waals surface area contributed by atoms with Gasteiger partial charge < -0.3 is 9.64 Å². The van der Waals surface area contributed by atoms with Crippen LogP contribution in [0.4, 0.5) is 4.39 Å². The standard InChI is InChI=1S/C24H26ClFN4O2/c25-18-4-6-21(17-3-5-20(31)23(17)18)32-16-9-24(10-16)12-29(13-24)7-1-2-15-8-22(28)30(14-27)11-19(15)26/h4,6,8,11,14,16,27-28H,1-3,5,7,9-10,12-13H2. The van der Waals surface area contributed by atoms with E-state index in [-0.39, 0.29) is 23.2 Å². The highest BCUT2D eigenvalue weighted by atomic mass is 35.5. The van der Waals surface area contributed by atoms with E-state index in [4.69, 9.17) is 27.2 Å². The summed E-state index contributed by atoms with van der Waals surface area (Å²) in [5.74, 6) is 0.562. The maximum atomic E-state index is 14.1. The molecule has 1 spiro atoms. The van der Waals surface area contributed by atoms with Crippen molar-refractivity contribution in [2.75, 3.05) is 19.6 Å². The number of aryl methyl sites for hydroxylation is 1. The molecule has 0 radical (unpaired) electrons. The van der Waals surface area contributed by atoms with Crippen molar-refractivity contribution in [3.8, 4) is 5.75 Å². The maximum absolute atomic E-state index is 14.1. The number of Topliss-reactive ketones (excluding diaryl/α,β-unsaturated/α-hetero) is 1. The van der Waals surface area contributed by atoms with Crippen LogP contribution >= 0.6 is 11.6 Å². The van der Waals surface area contributed by atoms with E-state index in [1.807, 2.05) is 6.07 Å². The van der Waals surface area contributed by atoms with Gasteiger partial charge in [0.25, 0.3) is 0 Å². The summed E-state index contributed by atoms with van der Waals surface area (Å²) < 4.78 is 21.5.